The number of hydrogen-bond donors (Lipinski definition) is 1. The number of hydrogen-bond acceptors (Lipinski definition) is 1. The van der Waals surface area contributed by atoms with E-state index in [4.69, 9.17) is 0 Å². The van der Waals surface area contributed by atoms with Crippen LogP contribution in [0.15, 0.2) is 12.2 Å². The Hall–Kier alpha value is -0.300. The van der Waals surface area contributed by atoms with Crippen molar-refractivity contribution in [1.29, 1.82) is 0 Å². The third-order valence-electron chi connectivity index (χ3n) is 3.08. The highest BCUT2D eigenvalue weighted by Gasteiger charge is 2.33. The molecule has 1 rings (SSSR count). The molecule has 0 aromatic carbocycles. The maximum atomic E-state index is 10.4. The predicted molar refractivity (Wildman–Crippen MR) is 56.6 cm³/mol. The first-order chi connectivity index (χ1) is 6.23. The Kier molecular flexibility index (Phi) is 3.98. The first-order valence-corrected chi connectivity index (χ1v) is 5.63. The van der Waals surface area contributed by atoms with Crippen LogP contribution in [0.5, 0.6) is 0 Å². The van der Waals surface area contributed by atoms with E-state index in [1.165, 1.54) is 19.3 Å². The topological polar surface area (TPSA) is 20.2 Å². The van der Waals surface area contributed by atoms with E-state index >= 15 is 0 Å². The molecule has 1 aliphatic rings. The van der Waals surface area contributed by atoms with Crippen molar-refractivity contribution in [2.45, 2.75) is 58.0 Å². The lowest BCUT2D eigenvalue weighted by atomic mass is 9.75. The molecule has 0 spiro atoms. The molecule has 0 aromatic heterocycles. The standard InChI is InChI=1S/C12H22O/c1-3-7-11-8-5-6-10-12(11,13)9-4-2/h6,10-11,13H,3-5,7-9H2,1-2H3. The van der Waals surface area contributed by atoms with Gasteiger partial charge >= 0.3 is 0 Å². The normalized spacial score (nSPS) is 33.6. The second kappa shape index (κ2) is 4.80. The molecule has 0 saturated heterocycles. The van der Waals surface area contributed by atoms with Gasteiger partial charge in [-0.3, -0.25) is 0 Å². The first-order valence-electron chi connectivity index (χ1n) is 5.63. The van der Waals surface area contributed by atoms with Crippen LogP contribution in [-0.4, -0.2) is 10.7 Å². The van der Waals surface area contributed by atoms with Crippen LogP contribution in [0, 0.1) is 5.92 Å². The van der Waals surface area contributed by atoms with Crippen LogP contribution >= 0.6 is 0 Å². The third-order valence-corrected chi connectivity index (χ3v) is 3.08. The number of allylic oxidation sites excluding steroid dienone is 1. The van der Waals surface area contributed by atoms with Crippen molar-refractivity contribution in [2.24, 2.45) is 5.92 Å². The maximum Gasteiger partial charge on any atom is 0.0855 e. The lowest BCUT2D eigenvalue weighted by Crippen LogP contribution is -2.37. The highest BCUT2D eigenvalue weighted by atomic mass is 16.3. The van der Waals surface area contributed by atoms with Crippen LogP contribution in [0.4, 0.5) is 0 Å². The Balaban J connectivity index is 2.63. The van der Waals surface area contributed by atoms with Crippen molar-refractivity contribution in [3.8, 4) is 0 Å². The minimum absolute atomic E-state index is 0.483. The van der Waals surface area contributed by atoms with Crippen molar-refractivity contribution in [2.75, 3.05) is 0 Å². The van der Waals surface area contributed by atoms with E-state index in [0.717, 1.165) is 19.3 Å². The fourth-order valence-corrected chi connectivity index (χ4v) is 2.40. The SMILES string of the molecule is CCCC1CCC=CC1(O)CCC. The van der Waals surface area contributed by atoms with E-state index in [1.54, 1.807) is 0 Å². The van der Waals surface area contributed by atoms with Crippen LogP contribution in [-0.2, 0) is 0 Å². The molecule has 2 atom stereocenters. The zero-order valence-electron chi connectivity index (χ0n) is 8.92. The highest BCUT2D eigenvalue weighted by molar-refractivity contribution is 5.08. The van der Waals surface area contributed by atoms with E-state index in [2.05, 4.69) is 19.9 Å². The Bertz CT molecular complexity index is 174. The summed E-state index contributed by atoms with van der Waals surface area (Å²) >= 11 is 0. The third kappa shape index (κ3) is 2.57. The van der Waals surface area contributed by atoms with E-state index in [9.17, 15) is 5.11 Å². The molecule has 1 aliphatic carbocycles. The molecule has 1 N–H and O–H groups in total. The van der Waals surface area contributed by atoms with Gasteiger partial charge in [-0.05, 0) is 31.6 Å². The second-order valence-electron chi connectivity index (χ2n) is 4.21. The fraction of sp³-hybridized carbons (Fsp3) is 0.833. The summed E-state index contributed by atoms with van der Waals surface area (Å²) in [4.78, 5) is 0. The van der Waals surface area contributed by atoms with Crippen molar-refractivity contribution < 1.29 is 5.11 Å². The van der Waals surface area contributed by atoms with Crippen LogP contribution in [0.1, 0.15) is 52.4 Å². The minimum atomic E-state index is -0.483. The van der Waals surface area contributed by atoms with Gasteiger partial charge in [0.15, 0.2) is 0 Å². The zero-order valence-corrected chi connectivity index (χ0v) is 8.92. The van der Waals surface area contributed by atoms with E-state index < -0.39 is 5.60 Å². The lowest BCUT2D eigenvalue weighted by molar-refractivity contribution is 0.00613. The molecule has 0 aromatic rings. The van der Waals surface area contributed by atoms with Gasteiger partial charge in [0, 0.05) is 0 Å². The van der Waals surface area contributed by atoms with Crippen molar-refractivity contribution >= 4 is 0 Å². The summed E-state index contributed by atoms with van der Waals surface area (Å²) in [5, 5.41) is 10.4. The summed E-state index contributed by atoms with van der Waals surface area (Å²) in [5.41, 5.74) is -0.483. The van der Waals surface area contributed by atoms with Crippen molar-refractivity contribution in [1.82, 2.24) is 0 Å². The molecule has 1 nitrogen and oxygen atoms in total. The van der Waals surface area contributed by atoms with E-state index in [-0.39, 0.29) is 0 Å². The molecule has 0 heterocycles. The van der Waals surface area contributed by atoms with Gasteiger partial charge in [0.1, 0.15) is 0 Å². The Morgan fingerprint density at radius 2 is 2.15 bits per heavy atom. The monoisotopic (exact) mass is 182 g/mol. The van der Waals surface area contributed by atoms with Gasteiger partial charge in [0.2, 0.25) is 0 Å². The Labute approximate surface area is 81.9 Å². The summed E-state index contributed by atoms with van der Waals surface area (Å²) in [6.45, 7) is 4.34. The Morgan fingerprint density at radius 3 is 2.77 bits per heavy atom. The predicted octanol–water partition coefficient (Wildman–Crippen LogP) is 3.28. The van der Waals surface area contributed by atoms with Gasteiger partial charge in [-0.1, -0.05) is 38.8 Å². The van der Waals surface area contributed by atoms with Crippen molar-refractivity contribution in [3.05, 3.63) is 12.2 Å². The minimum Gasteiger partial charge on any atom is -0.386 e. The van der Waals surface area contributed by atoms with Gasteiger partial charge in [-0.15, -0.1) is 0 Å². The quantitative estimate of drug-likeness (QED) is 0.661. The summed E-state index contributed by atoms with van der Waals surface area (Å²) in [6.07, 6.45) is 10.8. The average molecular weight is 182 g/mol. The molecule has 76 valence electrons. The summed E-state index contributed by atoms with van der Waals surface area (Å²) in [6, 6.07) is 0. The van der Waals surface area contributed by atoms with Crippen LogP contribution in [0.3, 0.4) is 0 Å². The fourth-order valence-electron chi connectivity index (χ4n) is 2.40. The van der Waals surface area contributed by atoms with E-state index in [0.29, 0.717) is 5.92 Å². The molecule has 0 saturated carbocycles. The Morgan fingerprint density at radius 1 is 1.38 bits per heavy atom. The summed E-state index contributed by atoms with van der Waals surface area (Å²) in [7, 11) is 0. The van der Waals surface area contributed by atoms with Crippen LogP contribution in [0.25, 0.3) is 0 Å². The van der Waals surface area contributed by atoms with Crippen LogP contribution in [0.2, 0.25) is 0 Å². The average Bonchev–Trinajstić information content (AvgIpc) is 2.10. The molecular formula is C12H22O. The molecule has 2 unspecified atom stereocenters. The lowest BCUT2D eigenvalue weighted by Gasteiger charge is -2.36. The van der Waals surface area contributed by atoms with Crippen LogP contribution < -0.4 is 0 Å². The second-order valence-corrected chi connectivity index (χ2v) is 4.21. The number of rotatable bonds is 4. The summed E-state index contributed by atoms with van der Waals surface area (Å²) < 4.78 is 0. The highest BCUT2D eigenvalue weighted by Crippen LogP contribution is 2.35. The molecule has 0 radical (unpaired) electrons. The molecule has 0 bridgehead atoms. The van der Waals surface area contributed by atoms with Gasteiger partial charge in [-0.2, -0.15) is 0 Å². The largest absolute Gasteiger partial charge is 0.386 e. The van der Waals surface area contributed by atoms with Gasteiger partial charge in [0.25, 0.3) is 0 Å². The van der Waals surface area contributed by atoms with Gasteiger partial charge in [-0.25, -0.2) is 0 Å². The molecule has 1 heteroatoms. The zero-order chi connectivity index (χ0) is 9.73. The maximum absolute atomic E-state index is 10.4. The molecule has 0 amide bonds. The smallest absolute Gasteiger partial charge is 0.0855 e. The number of aliphatic hydroxyl groups is 1. The molecule has 0 aliphatic heterocycles. The van der Waals surface area contributed by atoms with Gasteiger partial charge in [0.05, 0.1) is 5.60 Å². The van der Waals surface area contributed by atoms with Crippen molar-refractivity contribution in [3.63, 3.8) is 0 Å². The summed E-state index contributed by atoms with van der Waals surface area (Å²) in [5.74, 6) is 0.502. The molecule has 13 heavy (non-hydrogen) atoms. The molecule has 0 fully saturated rings. The van der Waals surface area contributed by atoms with E-state index in [1.807, 2.05) is 6.08 Å². The first kappa shape index (κ1) is 10.8. The molecular weight excluding hydrogens is 160 g/mol. The van der Waals surface area contributed by atoms with Gasteiger partial charge < -0.3 is 5.11 Å².